The molecule has 34 heavy (non-hydrogen) atoms. The van der Waals surface area contributed by atoms with E-state index in [1.54, 1.807) is 0 Å². The van der Waals surface area contributed by atoms with Gasteiger partial charge in [0.15, 0.2) is 0 Å². The number of nitrogens with one attached hydrogen (secondary N) is 1. The third-order valence-corrected chi connectivity index (χ3v) is 6.33. The van der Waals surface area contributed by atoms with Gasteiger partial charge in [0.05, 0.1) is 13.1 Å². The molecule has 0 atom stereocenters. The van der Waals surface area contributed by atoms with Gasteiger partial charge in [-0.1, -0.05) is 66.7 Å². The number of hydrogen-bond donors (Lipinski definition) is 1. The second kappa shape index (κ2) is 9.93. The molecule has 2 amide bonds. The van der Waals surface area contributed by atoms with Crippen molar-refractivity contribution in [3.8, 4) is 0 Å². The minimum Gasteiger partial charge on any atom is -0.351 e. The number of rotatable bonds is 6. The Morgan fingerprint density at radius 3 is 2.15 bits per heavy atom. The molecule has 0 unspecified atom stereocenters. The van der Waals surface area contributed by atoms with Crippen molar-refractivity contribution >= 4 is 28.4 Å². The molecule has 1 N–H and O–H groups in total. The molecule has 1 saturated heterocycles. The highest BCUT2D eigenvalue weighted by Crippen LogP contribution is 2.19. The van der Waals surface area contributed by atoms with Crippen LogP contribution in [0.3, 0.4) is 0 Å². The number of aromatic nitrogens is 1. The Bertz CT molecular complexity index is 1230. The van der Waals surface area contributed by atoms with E-state index in [9.17, 15) is 9.59 Å². The van der Waals surface area contributed by atoms with E-state index >= 15 is 0 Å². The molecule has 2 heterocycles. The first-order valence-corrected chi connectivity index (χ1v) is 11.7. The minimum atomic E-state index is 0.0113. The van der Waals surface area contributed by atoms with E-state index in [1.165, 1.54) is 0 Å². The molecule has 1 aromatic heterocycles. The molecule has 0 saturated carbocycles. The Labute approximate surface area is 199 Å². The number of benzene rings is 3. The summed E-state index contributed by atoms with van der Waals surface area (Å²) in [6, 6.07) is 29.7. The molecule has 0 bridgehead atoms. The van der Waals surface area contributed by atoms with Gasteiger partial charge < -0.3 is 14.8 Å². The van der Waals surface area contributed by atoms with Crippen LogP contribution in [-0.2, 0) is 11.3 Å². The molecule has 6 nitrogen and oxygen atoms in total. The van der Waals surface area contributed by atoms with Crippen molar-refractivity contribution in [1.82, 2.24) is 14.8 Å². The quantitative estimate of drug-likeness (QED) is 0.478. The van der Waals surface area contributed by atoms with Crippen LogP contribution in [-0.4, -0.2) is 59.3 Å². The highest BCUT2D eigenvalue weighted by atomic mass is 16.2. The molecule has 0 radical (unpaired) electrons. The Morgan fingerprint density at radius 2 is 1.44 bits per heavy atom. The predicted octanol–water partition coefficient (Wildman–Crippen LogP) is 4.16. The number of para-hydroxylation sites is 2. The maximum absolute atomic E-state index is 13.4. The predicted molar refractivity (Wildman–Crippen MR) is 135 cm³/mol. The van der Waals surface area contributed by atoms with Crippen LogP contribution in [0.1, 0.15) is 16.1 Å². The van der Waals surface area contributed by atoms with Crippen molar-refractivity contribution in [3.63, 3.8) is 0 Å². The van der Waals surface area contributed by atoms with Gasteiger partial charge in [-0.25, -0.2) is 0 Å². The summed E-state index contributed by atoms with van der Waals surface area (Å²) in [7, 11) is 0. The van der Waals surface area contributed by atoms with Crippen LogP contribution in [0.4, 0.5) is 5.69 Å². The number of anilines is 1. The van der Waals surface area contributed by atoms with Gasteiger partial charge in [0.2, 0.25) is 5.91 Å². The van der Waals surface area contributed by atoms with Gasteiger partial charge in [0.1, 0.15) is 5.69 Å². The van der Waals surface area contributed by atoms with Crippen molar-refractivity contribution in [3.05, 3.63) is 102 Å². The number of H-pyrrole nitrogens is 1. The number of amides is 2. The zero-order valence-corrected chi connectivity index (χ0v) is 19.1. The van der Waals surface area contributed by atoms with Gasteiger partial charge >= 0.3 is 0 Å². The fourth-order valence-electron chi connectivity index (χ4n) is 4.44. The molecule has 172 valence electrons. The number of hydrogen-bond acceptors (Lipinski definition) is 3. The van der Waals surface area contributed by atoms with Crippen LogP contribution in [0.25, 0.3) is 10.9 Å². The van der Waals surface area contributed by atoms with E-state index in [1.807, 2.05) is 101 Å². The van der Waals surface area contributed by atoms with Gasteiger partial charge in [-0.15, -0.1) is 0 Å². The Hall–Kier alpha value is -3.90. The van der Waals surface area contributed by atoms with Crippen LogP contribution in [0, 0.1) is 0 Å². The van der Waals surface area contributed by atoms with E-state index in [4.69, 9.17) is 0 Å². The number of aromatic amines is 1. The van der Waals surface area contributed by atoms with Gasteiger partial charge in [-0.05, 0) is 29.8 Å². The van der Waals surface area contributed by atoms with Gasteiger partial charge in [0, 0.05) is 42.8 Å². The number of carbonyl (C=O) groups excluding carboxylic acids is 2. The first kappa shape index (κ1) is 21.9. The zero-order valence-electron chi connectivity index (χ0n) is 19.1. The lowest BCUT2D eigenvalue weighted by molar-refractivity contribution is -0.120. The Kier molecular flexibility index (Phi) is 6.40. The third-order valence-electron chi connectivity index (χ3n) is 6.33. The number of carbonyl (C=O) groups is 2. The van der Waals surface area contributed by atoms with E-state index in [0.29, 0.717) is 45.0 Å². The van der Waals surface area contributed by atoms with Crippen LogP contribution >= 0.6 is 0 Å². The molecule has 4 aromatic rings. The van der Waals surface area contributed by atoms with E-state index in [-0.39, 0.29) is 11.8 Å². The van der Waals surface area contributed by atoms with Gasteiger partial charge in [-0.2, -0.15) is 0 Å². The zero-order chi connectivity index (χ0) is 23.3. The normalized spacial score (nSPS) is 14.3. The van der Waals surface area contributed by atoms with E-state index < -0.39 is 0 Å². The smallest absolute Gasteiger partial charge is 0.270 e. The van der Waals surface area contributed by atoms with E-state index in [0.717, 1.165) is 22.2 Å². The molecule has 3 aromatic carbocycles. The van der Waals surface area contributed by atoms with E-state index in [2.05, 4.69) is 9.88 Å². The van der Waals surface area contributed by atoms with Crippen LogP contribution < -0.4 is 4.90 Å². The summed E-state index contributed by atoms with van der Waals surface area (Å²) in [5.41, 5.74) is 3.57. The average molecular weight is 453 g/mol. The Balaban J connectivity index is 1.22. The van der Waals surface area contributed by atoms with Crippen molar-refractivity contribution in [1.29, 1.82) is 0 Å². The summed E-state index contributed by atoms with van der Waals surface area (Å²) < 4.78 is 0. The molecule has 1 aliphatic heterocycles. The number of fused-ring (bicyclic) bond motifs is 1. The fourth-order valence-corrected chi connectivity index (χ4v) is 4.44. The maximum Gasteiger partial charge on any atom is 0.270 e. The summed E-state index contributed by atoms with van der Waals surface area (Å²) in [4.78, 5) is 35.4. The topological polar surface area (TPSA) is 59.7 Å². The monoisotopic (exact) mass is 452 g/mol. The van der Waals surface area contributed by atoms with Crippen LogP contribution in [0.15, 0.2) is 91.0 Å². The van der Waals surface area contributed by atoms with Gasteiger partial charge in [0.25, 0.3) is 5.91 Å². The molecular formula is C28H28N4O2. The second-order valence-electron chi connectivity index (χ2n) is 8.64. The molecule has 1 aliphatic rings. The summed E-state index contributed by atoms with van der Waals surface area (Å²) in [6.45, 7) is 3.41. The lowest BCUT2D eigenvalue weighted by atomic mass is 10.2. The maximum atomic E-state index is 13.4. The Morgan fingerprint density at radius 1 is 0.794 bits per heavy atom. The molecule has 1 fully saturated rings. The summed E-state index contributed by atoms with van der Waals surface area (Å²) in [5, 5.41) is 1.04. The molecule has 6 heteroatoms. The molecule has 5 rings (SSSR count). The SMILES string of the molecule is O=C(c1cc2ccccc2[nH]1)N1CCN(CC(=O)N(Cc2ccccc2)c2ccccc2)CC1. The van der Waals surface area contributed by atoms with Crippen LogP contribution in [0.2, 0.25) is 0 Å². The van der Waals surface area contributed by atoms with Crippen LogP contribution in [0.5, 0.6) is 0 Å². The first-order valence-electron chi connectivity index (χ1n) is 11.7. The van der Waals surface area contributed by atoms with Crippen molar-refractivity contribution in [2.75, 3.05) is 37.6 Å². The van der Waals surface area contributed by atoms with Crippen molar-refractivity contribution < 1.29 is 9.59 Å². The van der Waals surface area contributed by atoms with Gasteiger partial charge in [-0.3, -0.25) is 14.5 Å². The lowest BCUT2D eigenvalue weighted by Crippen LogP contribution is -2.51. The lowest BCUT2D eigenvalue weighted by Gasteiger charge is -2.35. The largest absolute Gasteiger partial charge is 0.351 e. The average Bonchev–Trinajstić information content (AvgIpc) is 3.33. The van der Waals surface area contributed by atoms with Crippen molar-refractivity contribution in [2.24, 2.45) is 0 Å². The number of piperazine rings is 1. The first-order chi connectivity index (χ1) is 16.7. The molecule has 0 spiro atoms. The molecular weight excluding hydrogens is 424 g/mol. The standard InChI is InChI=1S/C28H28N4O2/c33-27(32(24-12-5-2-6-13-24)20-22-9-3-1-4-10-22)21-30-15-17-31(18-16-30)28(34)26-19-23-11-7-8-14-25(23)29-26/h1-14,19,29H,15-18,20-21H2. The fraction of sp³-hybridized carbons (Fsp3) is 0.214. The minimum absolute atomic E-state index is 0.0113. The highest BCUT2D eigenvalue weighted by molar-refractivity contribution is 5.98. The summed E-state index contributed by atoms with van der Waals surface area (Å²) in [6.07, 6.45) is 0. The second-order valence-corrected chi connectivity index (χ2v) is 8.64. The molecule has 0 aliphatic carbocycles. The highest BCUT2D eigenvalue weighted by Gasteiger charge is 2.26. The summed E-state index contributed by atoms with van der Waals surface area (Å²) in [5.74, 6) is 0.0719. The van der Waals surface area contributed by atoms with Crippen molar-refractivity contribution in [2.45, 2.75) is 6.54 Å². The third kappa shape index (κ3) is 4.87. The number of nitrogens with zero attached hydrogens (tertiary/aromatic N) is 3. The summed E-state index contributed by atoms with van der Waals surface area (Å²) >= 11 is 0.